The summed E-state index contributed by atoms with van der Waals surface area (Å²) >= 11 is 0. The van der Waals surface area contributed by atoms with Gasteiger partial charge in [0.05, 0.1) is 31.9 Å². The number of aromatic amines is 1. The maximum absolute atomic E-state index is 15.3. The lowest BCUT2D eigenvalue weighted by Gasteiger charge is -2.63. The topological polar surface area (TPSA) is 325 Å². The average molecular weight is 1390 g/mol. The lowest BCUT2D eigenvalue weighted by Crippen LogP contribution is -2.81. The predicted octanol–water partition coefficient (Wildman–Crippen LogP) is 5.43. The van der Waals surface area contributed by atoms with Crippen molar-refractivity contribution in [3.63, 3.8) is 0 Å². The van der Waals surface area contributed by atoms with Gasteiger partial charge in [0, 0.05) is 127 Å². The molecule has 3 amide bonds. The van der Waals surface area contributed by atoms with Gasteiger partial charge in [-0.25, -0.2) is 4.79 Å². The number of likely N-dealkylation sites (N-methyl/N-ethyl adjacent to an activating group) is 1. The van der Waals surface area contributed by atoms with Gasteiger partial charge in [-0.15, -0.1) is 0 Å². The molecule has 2 aromatic carbocycles. The van der Waals surface area contributed by atoms with Crippen molar-refractivity contribution in [2.45, 2.75) is 214 Å². The van der Waals surface area contributed by atoms with Crippen LogP contribution < -0.4 is 25.6 Å². The van der Waals surface area contributed by atoms with E-state index in [4.69, 9.17) is 18.9 Å². The lowest BCUT2D eigenvalue weighted by atomic mass is 9.47. The first kappa shape index (κ1) is 74.8. The first-order chi connectivity index (χ1) is 46.6. The largest absolute Gasteiger partial charge is 0.496 e. The van der Waals surface area contributed by atoms with Gasteiger partial charge in [0.2, 0.25) is 11.8 Å². The summed E-state index contributed by atoms with van der Waals surface area (Å²) < 4.78 is 23.0. The first-order valence-corrected chi connectivity index (χ1v) is 37.7. The summed E-state index contributed by atoms with van der Waals surface area (Å²) in [7, 11) is 6.40. The Balaban J connectivity index is 0.731. The fourth-order valence-corrected chi connectivity index (χ4v) is 19.3. The zero-order valence-electron chi connectivity index (χ0n) is 57.3. The van der Waals surface area contributed by atoms with Crippen LogP contribution in [0, 0.1) is 24.2 Å². The van der Waals surface area contributed by atoms with Crippen molar-refractivity contribution in [3.8, 4) is 5.75 Å². The molecule has 7 aliphatic rings. The molecule has 11 N–H and O–H groups in total. The fraction of sp³-hybridized carbons (Fsp3) is 0.681. The molecule has 1 saturated carbocycles. The Hall–Kier alpha value is -4.87. The third-order valence-corrected chi connectivity index (χ3v) is 24.5. The van der Waals surface area contributed by atoms with E-state index in [0.717, 1.165) is 79.6 Å². The van der Waals surface area contributed by atoms with Crippen molar-refractivity contribution in [1.29, 1.82) is 0 Å². The van der Waals surface area contributed by atoms with E-state index in [1.54, 1.807) is 13.5 Å². The molecule has 7 heterocycles. The zero-order chi connectivity index (χ0) is 69.5. The molecule has 16 atom stereocenters. The van der Waals surface area contributed by atoms with E-state index in [1.807, 2.05) is 44.4 Å². The van der Waals surface area contributed by atoms with Crippen LogP contribution in [0.25, 0.3) is 10.9 Å². The second kappa shape index (κ2) is 32.4. The Kier molecular flexibility index (Phi) is 25.0. The van der Waals surface area contributed by atoms with E-state index in [2.05, 4.69) is 81.0 Å². The van der Waals surface area contributed by atoms with Crippen molar-refractivity contribution >= 4 is 67.7 Å². The summed E-state index contributed by atoms with van der Waals surface area (Å²) in [6, 6.07) is 11.6. The molecule has 2 radical (unpaired) electrons. The number of aliphatic hydroxyl groups is 7. The van der Waals surface area contributed by atoms with Crippen LogP contribution in [0.15, 0.2) is 48.6 Å². The SMILES string of the molecule is CC[CH]CCC(=O)N[C@@H](NC(=O)CCCCCCCCOC1OC(CO)C(O)[C@H](O)[C@H]1O)C(=O)C[CH]CSSCCOC(=O)NCC(=O)[C@@]1(O)[C@H](O)[C@]2(CC)C=CCN3CC[C@@]4(c5cc([C@@]6(C)C[C@@H]7CN(CCc8c6[nH]c6ccccc86)C[C@](O)(CC)C7)c(OC)cc5N(C)[C@@H]14)[C@@H]32. The number of nitrogens with one attached hydrogen (secondary N) is 4. The number of hydrogen-bond donors (Lipinski definition) is 11. The molecule has 23 nitrogen and oxygen atoms in total. The molecule has 4 unspecified atom stereocenters. The van der Waals surface area contributed by atoms with Crippen LogP contribution in [-0.4, -0.2) is 231 Å². The predicted molar refractivity (Wildman–Crippen MR) is 372 cm³/mol. The molecule has 1 spiro atoms. The summed E-state index contributed by atoms with van der Waals surface area (Å²) in [5.74, 6) is -0.233. The van der Waals surface area contributed by atoms with Gasteiger partial charge in [-0.05, 0) is 113 Å². The van der Waals surface area contributed by atoms with Crippen molar-refractivity contribution in [1.82, 2.24) is 30.7 Å². The Morgan fingerprint density at radius 2 is 1.62 bits per heavy atom. The maximum atomic E-state index is 15.3. The van der Waals surface area contributed by atoms with Crippen molar-refractivity contribution in [2.75, 3.05) is 89.7 Å². The Bertz CT molecular complexity index is 3270. The number of hydrogen-bond acceptors (Lipinski definition) is 21. The smallest absolute Gasteiger partial charge is 0.407 e. The molecule has 97 heavy (non-hydrogen) atoms. The highest BCUT2D eigenvalue weighted by atomic mass is 33.1. The van der Waals surface area contributed by atoms with Gasteiger partial charge in [0.1, 0.15) is 42.9 Å². The first-order valence-electron chi connectivity index (χ1n) is 35.3. The van der Waals surface area contributed by atoms with E-state index < -0.39 is 101 Å². The number of ether oxygens (including phenoxy) is 4. The summed E-state index contributed by atoms with van der Waals surface area (Å²) in [4.78, 5) is 78.9. The number of rotatable bonds is 33. The molecule has 3 aromatic rings. The minimum atomic E-state index is -2.38. The monoisotopic (exact) mass is 1390 g/mol. The molecular formula is C72H105N7O16S2. The van der Waals surface area contributed by atoms with Crippen LogP contribution in [0.5, 0.6) is 5.75 Å². The quantitative estimate of drug-likeness (QED) is 0.0157. The molecule has 1 aliphatic carbocycles. The highest BCUT2D eigenvalue weighted by Crippen LogP contribution is 2.68. The highest BCUT2D eigenvalue weighted by Gasteiger charge is 2.78. The van der Waals surface area contributed by atoms with E-state index in [0.29, 0.717) is 88.3 Å². The van der Waals surface area contributed by atoms with Gasteiger partial charge in [-0.1, -0.05) is 105 Å². The second-order valence-electron chi connectivity index (χ2n) is 28.3. The fourth-order valence-electron chi connectivity index (χ4n) is 17.6. The van der Waals surface area contributed by atoms with E-state index in [-0.39, 0.29) is 62.0 Å². The van der Waals surface area contributed by atoms with Crippen molar-refractivity contribution in [3.05, 3.63) is 83.8 Å². The lowest BCUT2D eigenvalue weighted by molar-refractivity contribution is -0.301. The minimum absolute atomic E-state index is 0.0186. The van der Waals surface area contributed by atoms with Crippen LogP contribution in [0.3, 0.4) is 0 Å². The average Bonchev–Trinajstić information content (AvgIpc) is 1.51. The van der Waals surface area contributed by atoms with Crippen LogP contribution in [0.1, 0.15) is 153 Å². The van der Waals surface area contributed by atoms with Crippen LogP contribution in [0.4, 0.5) is 10.5 Å². The van der Waals surface area contributed by atoms with E-state index in [1.165, 1.54) is 32.5 Å². The molecule has 6 aliphatic heterocycles. The Morgan fingerprint density at radius 1 is 0.866 bits per heavy atom. The number of nitrogens with zero attached hydrogens (tertiary/aromatic N) is 3. The normalized spacial score (nSPS) is 32.2. The van der Waals surface area contributed by atoms with Crippen LogP contribution in [0.2, 0.25) is 0 Å². The van der Waals surface area contributed by atoms with Gasteiger partial charge in [0.15, 0.2) is 29.6 Å². The van der Waals surface area contributed by atoms with Crippen LogP contribution >= 0.6 is 21.6 Å². The third kappa shape index (κ3) is 15.2. The van der Waals surface area contributed by atoms with Gasteiger partial charge >= 0.3 is 6.09 Å². The van der Waals surface area contributed by atoms with Gasteiger partial charge in [-0.3, -0.25) is 29.0 Å². The number of piperidine rings is 1. The number of benzene rings is 2. The van der Waals surface area contributed by atoms with E-state index in [9.17, 15) is 54.9 Å². The summed E-state index contributed by atoms with van der Waals surface area (Å²) in [6.07, 6.45) is 7.44. The van der Waals surface area contributed by atoms with Gasteiger partial charge in [0.25, 0.3) is 0 Å². The number of carbonyl (C=O) groups is 5. The number of ketones is 2. The number of amides is 3. The number of methoxy groups -OCH3 is 1. The minimum Gasteiger partial charge on any atom is -0.496 e. The maximum Gasteiger partial charge on any atom is 0.407 e. The molecule has 2 bridgehead atoms. The molecule has 1 aromatic heterocycles. The number of alkyl carbamates (subject to hydrolysis) is 1. The number of Topliss-reactive ketones (excluding diaryl/α,β-unsaturated/α-hetero) is 2. The molecule has 25 heteroatoms. The zero-order valence-corrected chi connectivity index (χ0v) is 58.9. The highest BCUT2D eigenvalue weighted by molar-refractivity contribution is 8.76. The summed E-state index contributed by atoms with van der Waals surface area (Å²) in [5.41, 5.74) is 0.378. The number of para-hydroxylation sites is 1. The number of H-pyrrole nitrogens is 1. The molecule has 3 saturated heterocycles. The Morgan fingerprint density at radius 3 is 2.36 bits per heavy atom. The van der Waals surface area contributed by atoms with Gasteiger partial charge < -0.3 is 80.5 Å². The second-order valence-corrected chi connectivity index (χ2v) is 30.9. The number of anilines is 1. The van der Waals surface area contributed by atoms with Crippen molar-refractivity contribution < 1.29 is 78.7 Å². The van der Waals surface area contributed by atoms with E-state index >= 15 is 4.79 Å². The molecule has 4 fully saturated rings. The number of aliphatic hydroxyl groups excluding tert-OH is 5. The molecule has 536 valence electrons. The number of fused-ring (bicyclic) bond motifs is 6. The van der Waals surface area contributed by atoms with Crippen molar-refractivity contribution in [2.24, 2.45) is 11.3 Å². The number of carbonyl (C=O) groups excluding carboxylic acids is 5. The van der Waals surface area contributed by atoms with Gasteiger partial charge in [-0.2, -0.15) is 0 Å². The number of aromatic nitrogens is 1. The molecule has 10 rings (SSSR count). The number of unbranched alkanes of at least 4 members (excludes halogenated alkanes) is 7. The summed E-state index contributed by atoms with van der Waals surface area (Å²) in [6.45, 7) is 11.0. The summed E-state index contributed by atoms with van der Waals surface area (Å²) in [5, 5.41) is 87.4. The van der Waals surface area contributed by atoms with Crippen LogP contribution in [-0.2, 0) is 50.6 Å². The molecular weight excluding hydrogens is 1280 g/mol. The Labute approximate surface area is 578 Å². The standard InChI is InChI=1S/C72H105N7O16S2/c1-7-10-15-25-56(83)75-62(76-57(84)26-16-13-11-12-14-19-33-93-63-60(87)59(86)58(85)54(43-80)95-63)52(81)24-20-35-96-97-36-34-94-67(89)73-41-55(82)72(91)65-71(29-32-79-30-21-28-70(9-3,64(71)79)66(72)88)48-37-49(53(92-6)38-51(48)77(65)5)68(4)39-45-40-69(90,8-2)44-78(42-45)31-27-47-46-22-17-18-23-50(46)74-61(47)68/h10,17-18,20-23,28,37-38,45,54,58-60,62-66,74,80,85-88,90-91H,7-9,11-16,19,24-27,29-36,39-44H2,1-6H3,(H,73,89)(H,75,83)(H,76,84)/t45-,54?,58?,59-,60+,62-,63?,64-,65+,66+,68+,69-,70+,71+,72-/m0/s1. The third-order valence-electron chi connectivity index (χ3n) is 22.2.